The number of hydrogen-bond acceptors (Lipinski definition) is 5. The number of piperazine rings is 1. The minimum absolute atomic E-state index is 0.0245. The maximum atomic E-state index is 13.8. The summed E-state index contributed by atoms with van der Waals surface area (Å²) >= 11 is 2.99. The summed E-state index contributed by atoms with van der Waals surface area (Å²) < 4.78 is 46.7. The maximum Gasteiger partial charge on any atom is 0.417 e. The van der Waals surface area contributed by atoms with Crippen LogP contribution in [0.4, 0.5) is 23.7 Å². The Morgan fingerprint density at radius 1 is 0.978 bits per heavy atom. The van der Waals surface area contributed by atoms with Gasteiger partial charge in [0.15, 0.2) is 5.60 Å². The Labute approximate surface area is 269 Å². The van der Waals surface area contributed by atoms with Crippen LogP contribution in [0.3, 0.4) is 0 Å². The van der Waals surface area contributed by atoms with Crippen LogP contribution in [-0.4, -0.2) is 88.6 Å². The molecule has 2 heterocycles. The molecule has 1 N–H and O–H groups in total. The van der Waals surface area contributed by atoms with Crippen LogP contribution in [0.15, 0.2) is 46.9 Å². The summed E-state index contributed by atoms with van der Waals surface area (Å²) in [4.78, 5) is 45.1. The number of carbonyl (C=O) groups is 3. The van der Waals surface area contributed by atoms with Gasteiger partial charge in [0, 0.05) is 68.1 Å². The molecule has 5 rings (SSSR count). The van der Waals surface area contributed by atoms with Crippen LogP contribution in [0.2, 0.25) is 0 Å². The van der Waals surface area contributed by atoms with Crippen molar-refractivity contribution in [2.24, 2.45) is 5.92 Å². The number of halogens is 4. The van der Waals surface area contributed by atoms with E-state index < -0.39 is 23.4 Å². The molecule has 9 nitrogen and oxygen atoms in total. The number of amides is 3. The van der Waals surface area contributed by atoms with Gasteiger partial charge in [-0.1, -0.05) is 28.1 Å². The van der Waals surface area contributed by atoms with Crippen molar-refractivity contribution in [3.05, 3.63) is 58.1 Å². The van der Waals surface area contributed by atoms with Gasteiger partial charge in [-0.15, -0.1) is 0 Å². The lowest BCUT2D eigenvalue weighted by molar-refractivity contribution is -0.147. The number of piperidine rings is 1. The van der Waals surface area contributed by atoms with E-state index in [1.54, 1.807) is 35.8 Å². The van der Waals surface area contributed by atoms with Gasteiger partial charge in [-0.05, 0) is 69.4 Å². The number of anilines is 1. The smallest absolute Gasteiger partial charge is 0.417 e. The molecule has 1 saturated carbocycles. The van der Waals surface area contributed by atoms with E-state index in [0.29, 0.717) is 37.4 Å². The number of carboxylic acid groups (broad SMARTS) is 1. The van der Waals surface area contributed by atoms with Gasteiger partial charge in [-0.25, -0.2) is 4.79 Å². The van der Waals surface area contributed by atoms with Crippen LogP contribution in [0.1, 0.15) is 50.7 Å². The fraction of sp³-hybridized carbons (Fsp3) is 0.531. The van der Waals surface area contributed by atoms with E-state index >= 15 is 0 Å². The number of benzene rings is 2. The second-order valence-electron chi connectivity index (χ2n) is 12.5. The SMILES string of the molecule is CC(C)(Oc1cccc(N2CCC[C@@H](C(=O)N(Cc3ccc(Br)c(C(F)(F)F)c3)C3CC3)C2)c1)C(=O)N1CCN(C(=O)O)CC1. The van der Waals surface area contributed by atoms with Crippen molar-refractivity contribution in [1.82, 2.24) is 14.7 Å². The lowest BCUT2D eigenvalue weighted by Crippen LogP contribution is -2.56. The summed E-state index contributed by atoms with van der Waals surface area (Å²) in [5.74, 6) is -0.0709. The molecule has 3 aliphatic rings. The Morgan fingerprint density at radius 2 is 1.67 bits per heavy atom. The third kappa shape index (κ3) is 7.85. The summed E-state index contributed by atoms with van der Waals surface area (Å²) in [6.45, 7) is 5.80. The quantitative estimate of drug-likeness (QED) is 0.373. The molecule has 2 saturated heterocycles. The highest BCUT2D eigenvalue weighted by Gasteiger charge is 2.39. The Kier molecular flexibility index (Phi) is 9.57. The van der Waals surface area contributed by atoms with Gasteiger partial charge in [0.2, 0.25) is 5.91 Å². The lowest BCUT2D eigenvalue weighted by atomic mass is 9.95. The number of nitrogens with zero attached hydrogens (tertiary/aromatic N) is 4. The second-order valence-corrected chi connectivity index (χ2v) is 13.3. The van der Waals surface area contributed by atoms with E-state index in [1.807, 2.05) is 18.2 Å². The molecule has 0 bridgehead atoms. The van der Waals surface area contributed by atoms with E-state index in [4.69, 9.17) is 4.74 Å². The number of rotatable bonds is 8. The van der Waals surface area contributed by atoms with Gasteiger partial charge in [0.1, 0.15) is 5.75 Å². The summed E-state index contributed by atoms with van der Waals surface area (Å²) in [6, 6.07) is 11.6. The van der Waals surface area contributed by atoms with Gasteiger partial charge in [-0.2, -0.15) is 13.2 Å². The Balaban J connectivity index is 1.24. The van der Waals surface area contributed by atoms with Crippen LogP contribution in [0, 0.1) is 5.92 Å². The molecular weight excluding hydrogens is 657 g/mol. The van der Waals surface area contributed by atoms with Crippen molar-refractivity contribution in [1.29, 1.82) is 0 Å². The van der Waals surface area contributed by atoms with Crippen LogP contribution in [0.25, 0.3) is 0 Å². The second kappa shape index (κ2) is 13.1. The third-order valence-corrected chi connectivity index (χ3v) is 9.33. The third-order valence-electron chi connectivity index (χ3n) is 8.64. The number of carbonyl (C=O) groups excluding carboxylic acids is 2. The first-order valence-electron chi connectivity index (χ1n) is 15.2. The van der Waals surface area contributed by atoms with Crippen molar-refractivity contribution in [3.8, 4) is 5.75 Å². The molecule has 0 aromatic heterocycles. The average molecular weight is 696 g/mol. The minimum Gasteiger partial charge on any atom is -0.478 e. The summed E-state index contributed by atoms with van der Waals surface area (Å²) in [7, 11) is 0. The molecule has 0 spiro atoms. The highest BCUT2D eigenvalue weighted by molar-refractivity contribution is 9.10. The van der Waals surface area contributed by atoms with E-state index in [-0.39, 0.29) is 47.9 Å². The molecular formula is C32H38BrF3N4O5. The highest BCUT2D eigenvalue weighted by Crippen LogP contribution is 2.37. The van der Waals surface area contributed by atoms with Crippen molar-refractivity contribution in [2.45, 2.75) is 63.9 Å². The largest absolute Gasteiger partial charge is 0.478 e. The van der Waals surface area contributed by atoms with Gasteiger partial charge < -0.3 is 29.4 Å². The zero-order valence-electron chi connectivity index (χ0n) is 25.4. The standard InChI is InChI=1S/C32H38BrF3N4O5/c1-31(2,29(42)37-13-15-38(16-14-37)30(43)44)45-25-7-3-6-24(18-25)39-12-4-5-22(20-39)28(41)40(23-9-10-23)19-21-8-11-27(33)26(17-21)32(34,35)36/h3,6-8,11,17-18,22-23H,4-5,9-10,12-16,19-20H2,1-2H3,(H,43,44)/t22-/m1/s1. The zero-order valence-corrected chi connectivity index (χ0v) is 26.9. The molecule has 1 atom stereocenters. The first kappa shape index (κ1) is 32.9. The fourth-order valence-corrected chi connectivity index (χ4v) is 6.54. The number of hydrogen-bond donors (Lipinski definition) is 1. The Hall–Kier alpha value is -3.48. The minimum atomic E-state index is -4.49. The summed E-state index contributed by atoms with van der Waals surface area (Å²) in [5, 5.41) is 9.19. The van der Waals surface area contributed by atoms with E-state index in [1.165, 1.54) is 11.0 Å². The van der Waals surface area contributed by atoms with Gasteiger partial charge in [0.25, 0.3) is 5.91 Å². The molecule has 244 valence electrons. The maximum absolute atomic E-state index is 13.8. The summed E-state index contributed by atoms with van der Waals surface area (Å²) in [5.41, 5.74) is -0.637. The van der Waals surface area contributed by atoms with Gasteiger partial charge >= 0.3 is 12.3 Å². The van der Waals surface area contributed by atoms with Crippen LogP contribution in [-0.2, 0) is 22.3 Å². The monoisotopic (exact) mass is 694 g/mol. The molecule has 0 radical (unpaired) electrons. The van der Waals surface area contributed by atoms with Crippen molar-refractivity contribution in [2.75, 3.05) is 44.2 Å². The Morgan fingerprint density at radius 3 is 2.31 bits per heavy atom. The molecule has 13 heteroatoms. The highest BCUT2D eigenvalue weighted by atomic mass is 79.9. The average Bonchev–Trinajstić information content (AvgIpc) is 3.85. The van der Waals surface area contributed by atoms with Crippen LogP contribution >= 0.6 is 15.9 Å². The topological polar surface area (TPSA) is 93.6 Å². The number of ether oxygens (including phenoxy) is 1. The van der Waals surface area contributed by atoms with Crippen molar-refractivity contribution < 1.29 is 37.4 Å². The molecule has 3 fully saturated rings. The molecule has 1 aliphatic carbocycles. The van der Waals surface area contributed by atoms with Gasteiger partial charge in [-0.3, -0.25) is 9.59 Å². The van der Waals surface area contributed by atoms with Crippen LogP contribution in [0.5, 0.6) is 5.75 Å². The summed E-state index contributed by atoms with van der Waals surface area (Å²) in [6.07, 6.45) is -2.34. The zero-order chi connectivity index (χ0) is 32.5. The molecule has 3 amide bonds. The van der Waals surface area contributed by atoms with E-state index in [9.17, 15) is 32.7 Å². The van der Waals surface area contributed by atoms with E-state index in [0.717, 1.165) is 37.6 Å². The van der Waals surface area contributed by atoms with Crippen molar-refractivity contribution in [3.63, 3.8) is 0 Å². The molecule has 0 unspecified atom stereocenters. The van der Waals surface area contributed by atoms with Gasteiger partial charge in [0.05, 0.1) is 11.5 Å². The first-order chi connectivity index (χ1) is 21.2. The normalized spacial score (nSPS) is 19.3. The number of alkyl halides is 3. The lowest BCUT2D eigenvalue weighted by Gasteiger charge is -2.38. The predicted octanol–water partition coefficient (Wildman–Crippen LogP) is 5.86. The Bertz CT molecular complexity index is 1430. The molecule has 2 aromatic carbocycles. The molecule has 45 heavy (non-hydrogen) atoms. The van der Waals surface area contributed by atoms with Crippen LogP contribution < -0.4 is 9.64 Å². The predicted molar refractivity (Wildman–Crippen MR) is 165 cm³/mol. The van der Waals surface area contributed by atoms with E-state index in [2.05, 4.69) is 20.8 Å². The molecule has 2 aliphatic heterocycles. The first-order valence-corrected chi connectivity index (χ1v) is 16.0. The van der Waals surface area contributed by atoms with Crippen molar-refractivity contribution >= 4 is 39.5 Å². The fourth-order valence-electron chi connectivity index (χ4n) is 6.07. The molecule has 2 aromatic rings.